The van der Waals surface area contributed by atoms with E-state index in [1.807, 2.05) is 0 Å². The Labute approximate surface area is 67.3 Å². The Kier molecular flexibility index (Phi) is 2.54. The summed E-state index contributed by atoms with van der Waals surface area (Å²) in [7, 11) is -2.82. The van der Waals surface area contributed by atoms with Crippen molar-refractivity contribution in [1.29, 1.82) is 0 Å². The summed E-state index contributed by atoms with van der Waals surface area (Å²) in [6.07, 6.45) is 1.25. The Balaban J connectivity index is 2.62. The summed E-state index contributed by atoms with van der Waals surface area (Å²) in [5.74, 6) is 0.452. The second-order valence-electron chi connectivity index (χ2n) is 3.25. The van der Waals surface area contributed by atoms with Crippen molar-refractivity contribution in [3.05, 3.63) is 0 Å². The topological polar surface area (TPSA) is 54.4 Å². The molecule has 1 saturated heterocycles. The molecule has 1 rings (SSSR count). The zero-order valence-electron chi connectivity index (χ0n) is 6.66. The van der Waals surface area contributed by atoms with Crippen molar-refractivity contribution in [3.8, 4) is 0 Å². The summed E-state index contributed by atoms with van der Waals surface area (Å²) < 4.78 is 22.3. The average Bonchev–Trinajstić information content (AvgIpc) is 1.95. The molecule has 0 aliphatic carbocycles. The minimum Gasteiger partial charge on any atom is -0.396 e. The van der Waals surface area contributed by atoms with Crippen molar-refractivity contribution in [2.24, 2.45) is 5.92 Å². The number of aliphatic hydroxyl groups excluding tert-OH is 1. The van der Waals surface area contributed by atoms with Crippen LogP contribution in [0.4, 0.5) is 0 Å². The number of hydrogen-bond acceptors (Lipinski definition) is 3. The van der Waals surface area contributed by atoms with E-state index >= 15 is 0 Å². The summed E-state index contributed by atoms with van der Waals surface area (Å²) in [5.41, 5.74) is 0. The molecule has 0 radical (unpaired) electrons. The second kappa shape index (κ2) is 3.11. The van der Waals surface area contributed by atoms with Gasteiger partial charge in [-0.1, -0.05) is 0 Å². The van der Waals surface area contributed by atoms with Gasteiger partial charge < -0.3 is 5.11 Å². The number of sulfone groups is 1. The minimum atomic E-state index is -2.82. The molecule has 4 heteroatoms. The molecule has 0 saturated carbocycles. The van der Waals surface area contributed by atoms with E-state index in [1.165, 1.54) is 0 Å². The number of rotatable bonds is 1. The Morgan fingerprint density at radius 1 is 1.55 bits per heavy atom. The molecule has 2 unspecified atom stereocenters. The van der Waals surface area contributed by atoms with Crippen molar-refractivity contribution in [2.75, 3.05) is 12.4 Å². The van der Waals surface area contributed by atoms with Crippen LogP contribution in [0.25, 0.3) is 0 Å². The third-order valence-corrected chi connectivity index (χ3v) is 4.57. The lowest BCUT2D eigenvalue weighted by Gasteiger charge is -2.24. The summed E-state index contributed by atoms with van der Waals surface area (Å²) in [4.78, 5) is 0. The van der Waals surface area contributed by atoms with E-state index in [0.29, 0.717) is 12.8 Å². The normalized spacial score (nSPS) is 36.9. The van der Waals surface area contributed by atoms with Gasteiger partial charge >= 0.3 is 0 Å². The molecule has 0 bridgehead atoms. The molecular formula is C7H14O3S. The van der Waals surface area contributed by atoms with Crippen molar-refractivity contribution in [3.63, 3.8) is 0 Å². The molecule has 2 atom stereocenters. The number of hydrogen-bond donors (Lipinski definition) is 1. The van der Waals surface area contributed by atoms with Crippen LogP contribution in [0.5, 0.6) is 0 Å². The van der Waals surface area contributed by atoms with Crippen molar-refractivity contribution in [2.45, 2.75) is 25.0 Å². The minimum absolute atomic E-state index is 0.125. The molecule has 0 spiro atoms. The van der Waals surface area contributed by atoms with Gasteiger partial charge in [0.2, 0.25) is 0 Å². The fraction of sp³-hybridized carbons (Fsp3) is 1.00. The third-order valence-electron chi connectivity index (χ3n) is 2.35. The van der Waals surface area contributed by atoms with Crippen LogP contribution in [0.15, 0.2) is 0 Å². The first-order valence-electron chi connectivity index (χ1n) is 3.88. The van der Waals surface area contributed by atoms with E-state index in [1.54, 1.807) is 6.92 Å². The smallest absolute Gasteiger partial charge is 0.152 e. The molecule has 1 N–H and O–H groups in total. The lowest BCUT2D eigenvalue weighted by atomic mass is 10.0. The molecule has 1 aliphatic rings. The predicted molar refractivity (Wildman–Crippen MR) is 43.1 cm³/mol. The first kappa shape index (κ1) is 9.00. The van der Waals surface area contributed by atoms with Gasteiger partial charge in [0.15, 0.2) is 9.84 Å². The van der Waals surface area contributed by atoms with Crippen LogP contribution < -0.4 is 0 Å². The molecule has 0 aromatic rings. The average molecular weight is 178 g/mol. The van der Waals surface area contributed by atoms with Gasteiger partial charge in [0, 0.05) is 6.61 Å². The Morgan fingerprint density at radius 2 is 2.18 bits per heavy atom. The van der Waals surface area contributed by atoms with E-state index in [-0.39, 0.29) is 23.5 Å². The summed E-state index contributed by atoms with van der Waals surface area (Å²) >= 11 is 0. The maximum atomic E-state index is 11.2. The quantitative estimate of drug-likeness (QED) is 0.623. The Bertz CT molecular complexity index is 220. The van der Waals surface area contributed by atoms with Crippen LogP contribution in [0.1, 0.15) is 19.8 Å². The van der Waals surface area contributed by atoms with Gasteiger partial charge in [0.05, 0.1) is 11.0 Å². The SMILES string of the molecule is CC1CC(CO)CCS1(=O)=O. The molecular weight excluding hydrogens is 164 g/mol. The molecule has 0 aromatic carbocycles. The van der Waals surface area contributed by atoms with Gasteiger partial charge in [-0.25, -0.2) is 8.42 Å². The first-order valence-corrected chi connectivity index (χ1v) is 5.60. The van der Waals surface area contributed by atoms with Gasteiger partial charge in [0.25, 0.3) is 0 Å². The summed E-state index contributed by atoms with van der Waals surface area (Å²) in [5, 5.41) is 8.53. The fourth-order valence-corrected chi connectivity index (χ4v) is 3.06. The molecule has 3 nitrogen and oxygen atoms in total. The van der Waals surface area contributed by atoms with E-state index in [9.17, 15) is 8.42 Å². The van der Waals surface area contributed by atoms with Gasteiger partial charge in [-0.05, 0) is 25.7 Å². The highest BCUT2D eigenvalue weighted by molar-refractivity contribution is 7.92. The van der Waals surface area contributed by atoms with Gasteiger partial charge in [0.1, 0.15) is 0 Å². The van der Waals surface area contributed by atoms with Crippen LogP contribution in [-0.4, -0.2) is 31.1 Å². The van der Waals surface area contributed by atoms with Crippen LogP contribution in [-0.2, 0) is 9.84 Å². The Morgan fingerprint density at radius 3 is 2.64 bits per heavy atom. The molecule has 1 aliphatic heterocycles. The molecule has 11 heavy (non-hydrogen) atoms. The van der Waals surface area contributed by atoms with Crippen LogP contribution >= 0.6 is 0 Å². The van der Waals surface area contributed by atoms with Crippen LogP contribution in [0.3, 0.4) is 0 Å². The number of aliphatic hydroxyl groups is 1. The van der Waals surface area contributed by atoms with E-state index < -0.39 is 9.84 Å². The highest BCUT2D eigenvalue weighted by Gasteiger charge is 2.29. The van der Waals surface area contributed by atoms with Gasteiger partial charge in [-0.2, -0.15) is 0 Å². The lowest BCUT2D eigenvalue weighted by molar-refractivity contribution is 0.211. The molecule has 0 aromatic heterocycles. The summed E-state index contributed by atoms with van der Waals surface area (Å²) in [6.45, 7) is 1.84. The first-order chi connectivity index (χ1) is 5.06. The molecule has 0 amide bonds. The van der Waals surface area contributed by atoms with Gasteiger partial charge in [-0.3, -0.25) is 0 Å². The zero-order chi connectivity index (χ0) is 8.48. The maximum absolute atomic E-state index is 11.2. The van der Waals surface area contributed by atoms with Gasteiger partial charge in [-0.15, -0.1) is 0 Å². The molecule has 66 valence electrons. The Hall–Kier alpha value is -0.0900. The van der Waals surface area contributed by atoms with Crippen molar-refractivity contribution in [1.82, 2.24) is 0 Å². The lowest BCUT2D eigenvalue weighted by Crippen LogP contribution is -2.32. The summed E-state index contributed by atoms with van der Waals surface area (Å²) in [6, 6.07) is 0. The highest BCUT2D eigenvalue weighted by Crippen LogP contribution is 2.23. The van der Waals surface area contributed by atoms with E-state index in [0.717, 1.165) is 0 Å². The molecule has 1 heterocycles. The standard InChI is InChI=1S/C7H14O3S/c1-6-4-7(5-8)2-3-11(6,9)10/h6-8H,2-5H2,1H3. The highest BCUT2D eigenvalue weighted by atomic mass is 32.2. The zero-order valence-corrected chi connectivity index (χ0v) is 7.47. The van der Waals surface area contributed by atoms with Crippen molar-refractivity contribution >= 4 is 9.84 Å². The van der Waals surface area contributed by atoms with Crippen LogP contribution in [0, 0.1) is 5.92 Å². The second-order valence-corrected chi connectivity index (χ2v) is 5.79. The van der Waals surface area contributed by atoms with Crippen LogP contribution in [0.2, 0.25) is 0 Å². The fourth-order valence-electron chi connectivity index (χ4n) is 1.43. The van der Waals surface area contributed by atoms with Crippen molar-refractivity contribution < 1.29 is 13.5 Å². The largest absolute Gasteiger partial charge is 0.396 e. The monoisotopic (exact) mass is 178 g/mol. The van der Waals surface area contributed by atoms with E-state index in [4.69, 9.17) is 5.11 Å². The van der Waals surface area contributed by atoms with E-state index in [2.05, 4.69) is 0 Å². The predicted octanol–water partition coefficient (Wildman–Crippen LogP) is 0.192. The maximum Gasteiger partial charge on any atom is 0.152 e. The molecule has 1 fully saturated rings. The third kappa shape index (κ3) is 1.93.